The standard InChI is InChI=1S/C15H24BrNO/c1-5-12(10-17-11(2)3)8-13-6-7-15(18-4)14(16)9-13/h6-7,9,11-12,17H,5,8,10H2,1-4H3. The van der Waals surface area contributed by atoms with Gasteiger partial charge in [-0.15, -0.1) is 0 Å². The van der Waals surface area contributed by atoms with Crippen LogP contribution in [0.3, 0.4) is 0 Å². The quantitative estimate of drug-likeness (QED) is 0.820. The van der Waals surface area contributed by atoms with Crippen LogP contribution in [0, 0.1) is 5.92 Å². The topological polar surface area (TPSA) is 21.3 Å². The van der Waals surface area contributed by atoms with Gasteiger partial charge in [-0.1, -0.05) is 33.3 Å². The van der Waals surface area contributed by atoms with Crippen LogP contribution in [0.1, 0.15) is 32.8 Å². The third-order valence-corrected chi connectivity index (χ3v) is 3.75. The lowest BCUT2D eigenvalue weighted by molar-refractivity contribution is 0.411. The fraction of sp³-hybridized carbons (Fsp3) is 0.600. The number of hydrogen-bond acceptors (Lipinski definition) is 2. The van der Waals surface area contributed by atoms with Crippen LogP contribution in [-0.4, -0.2) is 19.7 Å². The van der Waals surface area contributed by atoms with E-state index >= 15 is 0 Å². The molecule has 3 heteroatoms. The Labute approximate surface area is 119 Å². The highest BCUT2D eigenvalue weighted by Gasteiger charge is 2.09. The Balaban J connectivity index is 2.61. The van der Waals surface area contributed by atoms with Crippen molar-refractivity contribution >= 4 is 15.9 Å². The molecule has 0 spiro atoms. The number of rotatable bonds is 7. The Kier molecular flexibility index (Phi) is 6.72. The molecule has 0 saturated heterocycles. The first-order valence-corrected chi connectivity index (χ1v) is 7.41. The smallest absolute Gasteiger partial charge is 0.133 e. The summed E-state index contributed by atoms with van der Waals surface area (Å²) in [5, 5.41) is 3.52. The molecule has 0 fully saturated rings. The van der Waals surface area contributed by atoms with Crippen molar-refractivity contribution in [3.63, 3.8) is 0 Å². The number of nitrogens with one attached hydrogen (secondary N) is 1. The molecule has 0 saturated carbocycles. The second-order valence-corrected chi connectivity index (χ2v) is 5.86. The van der Waals surface area contributed by atoms with Crippen LogP contribution in [0.2, 0.25) is 0 Å². The normalized spacial score (nSPS) is 12.8. The Bertz CT molecular complexity index is 366. The summed E-state index contributed by atoms with van der Waals surface area (Å²) in [7, 11) is 1.70. The lowest BCUT2D eigenvalue weighted by atomic mass is 9.96. The van der Waals surface area contributed by atoms with Crippen molar-refractivity contribution in [2.45, 2.75) is 39.7 Å². The van der Waals surface area contributed by atoms with Gasteiger partial charge in [-0.05, 0) is 52.5 Å². The van der Waals surface area contributed by atoms with Gasteiger partial charge in [0.2, 0.25) is 0 Å². The number of ether oxygens (including phenoxy) is 1. The van der Waals surface area contributed by atoms with Gasteiger partial charge in [-0.25, -0.2) is 0 Å². The van der Waals surface area contributed by atoms with Crippen molar-refractivity contribution in [2.24, 2.45) is 5.92 Å². The molecule has 0 heterocycles. The molecule has 0 amide bonds. The van der Waals surface area contributed by atoms with Crippen molar-refractivity contribution in [1.29, 1.82) is 0 Å². The highest BCUT2D eigenvalue weighted by molar-refractivity contribution is 9.10. The summed E-state index contributed by atoms with van der Waals surface area (Å²) in [6.07, 6.45) is 2.31. The summed E-state index contributed by atoms with van der Waals surface area (Å²) < 4.78 is 6.29. The van der Waals surface area contributed by atoms with Crippen LogP contribution in [0.25, 0.3) is 0 Å². The zero-order valence-corrected chi connectivity index (χ0v) is 13.4. The van der Waals surface area contributed by atoms with E-state index in [2.05, 4.69) is 54.2 Å². The van der Waals surface area contributed by atoms with E-state index in [9.17, 15) is 0 Å². The fourth-order valence-corrected chi connectivity index (χ4v) is 2.52. The van der Waals surface area contributed by atoms with Gasteiger partial charge in [0.25, 0.3) is 0 Å². The van der Waals surface area contributed by atoms with Gasteiger partial charge in [0.15, 0.2) is 0 Å². The lowest BCUT2D eigenvalue weighted by Gasteiger charge is -2.18. The molecular weight excluding hydrogens is 290 g/mol. The molecule has 0 aliphatic heterocycles. The number of benzene rings is 1. The zero-order chi connectivity index (χ0) is 13.5. The van der Waals surface area contributed by atoms with Gasteiger partial charge in [0, 0.05) is 6.04 Å². The molecule has 18 heavy (non-hydrogen) atoms. The first-order chi connectivity index (χ1) is 8.56. The van der Waals surface area contributed by atoms with Crippen LogP contribution in [-0.2, 0) is 6.42 Å². The van der Waals surface area contributed by atoms with E-state index in [0.29, 0.717) is 12.0 Å². The molecule has 1 N–H and O–H groups in total. The Morgan fingerprint density at radius 3 is 2.56 bits per heavy atom. The van der Waals surface area contributed by atoms with Crippen molar-refractivity contribution in [3.8, 4) is 5.75 Å². The minimum Gasteiger partial charge on any atom is -0.496 e. The van der Waals surface area contributed by atoms with Gasteiger partial charge < -0.3 is 10.1 Å². The number of methoxy groups -OCH3 is 1. The molecule has 0 aliphatic rings. The van der Waals surface area contributed by atoms with Crippen LogP contribution in [0.5, 0.6) is 5.75 Å². The van der Waals surface area contributed by atoms with Crippen molar-refractivity contribution in [1.82, 2.24) is 5.32 Å². The maximum absolute atomic E-state index is 5.25. The third kappa shape index (κ3) is 4.99. The molecule has 2 nitrogen and oxygen atoms in total. The summed E-state index contributed by atoms with van der Waals surface area (Å²) in [5.74, 6) is 1.58. The second kappa shape index (κ2) is 7.80. The first kappa shape index (κ1) is 15.5. The van der Waals surface area contributed by atoms with Gasteiger partial charge in [0.1, 0.15) is 5.75 Å². The molecule has 0 radical (unpaired) electrons. The fourth-order valence-electron chi connectivity index (χ4n) is 1.93. The van der Waals surface area contributed by atoms with Gasteiger partial charge >= 0.3 is 0 Å². The summed E-state index contributed by atoms with van der Waals surface area (Å²) in [4.78, 5) is 0. The molecule has 0 aromatic heterocycles. The molecule has 102 valence electrons. The Morgan fingerprint density at radius 2 is 2.06 bits per heavy atom. The summed E-state index contributed by atoms with van der Waals surface area (Å²) in [6, 6.07) is 6.90. The molecule has 0 bridgehead atoms. The maximum atomic E-state index is 5.25. The molecule has 1 aromatic carbocycles. The van der Waals surface area contributed by atoms with Gasteiger partial charge in [0.05, 0.1) is 11.6 Å². The third-order valence-electron chi connectivity index (χ3n) is 3.13. The van der Waals surface area contributed by atoms with Gasteiger partial charge in [-0.2, -0.15) is 0 Å². The lowest BCUT2D eigenvalue weighted by Crippen LogP contribution is -2.29. The second-order valence-electron chi connectivity index (χ2n) is 5.01. The van der Waals surface area contributed by atoms with Crippen LogP contribution in [0.15, 0.2) is 22.7 Å². The largest absolute Gasteiger partial charge is 0.496 e. The minimum atomic E-state index is 0.557. The van der Waals surface area contributed by atoms with Crippen LogP contribution < -0.4 is 10.1 Å². The van der Waals surface area contributed by atoms with Crippen molar-refractivity contribution in [3.05, 3.63) is 28.2 Å². The summed E-state index contributed by atoms with van der Waals surface area (Å²) in [6.45, 7) is 7.72. The van der Waals surface area contributed by atoms with E-state index in [1.165, 1.54) is 12.0 Å². The molecule has 1 rings (SSSR count). The van der Waals surface area contributed by atoms with Gasteiger partial charge in [-0.3, -0.25) is 0 Å². The van der Waals surface area contributed by atoms with E-state index in [4.69, 9.17) is 4.74 Å². The van der Waals surface area contributed by atoms with E-state index in [1.54, 1.807) is 7.11 Å². The number of hydrogen-bond donors (Lipinski definition) is 1. The van der Waals surface area contributed by atoms with Crippen LogP contribution in [0.4, 0.5) is 0 Å². The summed E-state index contributed by atoms with van der Waals surface area (Å²) in [5.41, 5.74) is 1.36. The molecular formula is C15H24BrNO. The summed E-state index contributed by atoms with van der Waals surface area (Å²) >= 11 is 3.54. The zero-order valence-electron chi connectivity index (χ0n) is 11.8. The number of halogens is 1. The van der Waals surface area contributed by atoms with Crippen molar-refractivity contribution < 1.29 is 4.74 Å². The SMILES string of the molecule is CCC(CNC(C)C)Cc1ccc(OC)c(Br)c1. The molecule has 1 unspecified atom stereocenters. The van der Waals surface area contributed by atoms with E-state index < -0.39 is 0 Å². The predicted octanol–water partition coefficient (Wildman–Crippen LogP) is 4.02. The predicted molar refractivity (Wildman–Crippen MR) is 81.3 cm³/mol. The minimum absolute atomic E-state index is 0.557. The Morgan fingerprint density at radius 1 is 1.33 bits per heavy atom. The maximum Gasteiger partial charge on any atom is 0.133 e. The van der Waals surface area contributed by atoms with Crippen molar-refractivity contribution in [2.75, 3.05) is 13.7 Å². The molecule has 1 atom stereocenters. The highest BCUT2D eigenvalue weighted by atomic mass is 79.9. The van der Waals surface area contributed by atoms with Crippen LogP contribution >= 0.6 is 15.9 Å². The molecule has 1 aromatic rings. The van der Waals surface area contributed by atoms with E-state index in [1.807, 2.05) is 6.07 Å². The van der Waals surface area contributed by atoms with E-state index in [-0.39, 0.29) is 0 Å². The average molecular weight is 314 g/mol. The Hall–Kier alpha value is -0.540. The monoisotopic (exact) mass is 313 g/mol. The first-order valence-electron chi connectivity index (χ1n) is 6.62. The highest BCUT2D eigenvalue weighted by Crippen LogP contribution is 2.26. The van der Waals surface area contributed by atoms with E-state index in [0.717, 1.165) is 23.2 Å². The molecule has 0 aliphatic carbocycles. The average Bonchev–Trinajstić information content (AvgIpc) is 2.34.